The molecule has 1 aliphatic rings. The zero-order valence-electron chi connectivity index (χ0n) is 12.1. The van der Waals surface area contributed by atoms with Crippen molar-refractivity contribution in [1.82, 2.24) is 15.5 Å². The normalized spacial score (nSPS) is 18.4. The van der Waals surface area contributed by atoms with Crippen LogP contribution in [0.3, 0.4) is 0 Å². The first-order valence-corrected chi connectivity index (χ1v) is 6.93. The summed E-state index contributed by atoms with van der Waals surface area (Å²) in [6.45, 7) is 6.00. The Hall–Kier alpha value is -0.0300. The molecule has 1 saturated heterocycles. The molecule has 6 heteroatoms. The summed E-state index contributed by atoms with van der Waals surface area (Å²) in [6, 6.07) is 0.0460. The number of nitrogens with one attached hydrogen (secondary N) is 2. The first-order valence-electron chi connectivity index (χ1n) is 6.93. The van der Waals surface area contributed by atoms with Crippen LogP contribution in [0.15, 0.2) is 0 Å². The summed E-state index contributed by atoms with van der Waals surface area (Å²) < 4.78 is 0. The minimum absolute atomic E-state index is 0. The molecule has 1 heterocycles. The molecule has 1 amide bonds. The van der Waals surface area contributed by atoms with Crippen molar-refractivity contribution in [3.8, 4) is 0 Å². The van der Waals surface area contributed by atoms with E-state index in [0.29, 0.717) is 0 Å². The number of likely N-dealkylation sites (N-methyl/N-ethyl adjacent to an activating group) is 1. The Morgan fingerprint density at radius 1 is 1.32 bits per heavy atom. The number of unbranched alkanes of at least 4 members (excludes halogenated alkanes) is 1. The molecule has 0 aromatic heterocycles. The van der Waals surface area contributed by atoms with E-state index in [4.69, 9.17) is 0 Å². The van der Waals surface area contributed by atoms with Gasteiger partial charge in [0.1, 0.15) is 0 Å². The smallest absolute Gasteiger partial charge is 0.237 e. The molecule has 1 atom stereocenters. The van der Waals surface area contributed by atoms with Gasteiger partial charge < -0.3 is 15.5 Å². The monoisotopic (exact) mass is 313 g/mol. The lowest BCUT2D eigenvalue weighted by atomic mass is 10.0. The van der Waals surface area contributed by atoms with Crippen LogP contribution in [-0.2, 0) is 4.79 Å². The van der Waals surface area contributed by atoms with Crippen molar-refractivity contribution < 1.29 is 4.79 Å². The van der Waals surface area contributed by atoms with Crippen molar-refractivity contribution >= 4 is 30.7 Å². The van der Waals surface area contributed by atoms with Crippen LogP contribution in [0.25, 0.3) is 0 Å². The van der Waals surface area contributed by atoms with Crippen LogP contribution in [0.5, 0.6) is 0 Å². The highest BCUT2D eigenvalue weighted by Crippen LogP contribution is 2.06. The summed E-state index contributed by atoms with van der Waals surface area (Å²) >= 11 is 0. The lowest BCUT2D eigenvalue weighted by Gasteiger charge is -2.23. The van der Waals surface area contributed by atoms with Gasteiger partial charge in [-0.15, -0.1) is 24.8 Å². The summed E-state index contributed by atoms with van der Waals surface area (Å²) in [5, 5.41) is 6.28. The maximum absolute atomic E-state index is 11.8. The maximum Gasteiger partial charge on any atom is 0.237 e. The standard InChI is InChI=1S/C13H27N3O.2ClH/c1-3-4-10-16(2)11-9-15-13(17)12-7-5-6-8-14-12;;/h12,14H,3-11H2,1-2H3,(H,15,17);2*1H/t12-;;/m1../s1. The molecule has 116 valence electrons. The van der Waals surface area contributed by atoms with Crippen molar-refractivity contribution in [2.45, 2.75) is 45.1 Å². The van der Waals surface area contributed by atoms with Gasteiger partial charge in [0.05, 0.1) is 6.04 Å². The van der Waals surface area contributed by atoms with E-state index in [2.05, 4.69) is 29.5 Å². The van der Waals surface area contributed by atoms with E-state index in [1.807, 2.05) is 0 Å². The van der Waals surface area contributed by atoms with Crippen LogP contribution in [0, 0.1) is 0 Å². The van der Waals surface area contributed by atoms with Gasteiger partial charge in [-0.2, -0.15) is 0 Å². The quantitative estimate of drug-likeness (QED) is 0.753. The van der Waals surface area contributed by atoms with Crippen molar-refractivity contribution in [2.24, 2.45) is 0 Å². The highest BCUT2D eigenvalue weighted by molar-refractivity contribution is 5.85. The lowest BCUT2D eigenvalue weighted by Crippen LogP contribution is -2.48. The molecule has 0 unspecified atom stereocenters. The molecule has 0 spiro atoms. The fourth-order valence-electron chi connectivity index (χ4n) is 2.11. The Morgan fingerprint density at radius 3 is 2.63 bits per heavy atom. The molecule has 19 heavy (non-hydrogen) atoms. The van der Waals surface area contributed by atoms with Crippen molar-refractivity contribution in [3.63, 3.8) is 0 Å². The van der Waals surface area contributed by atoms with Gasteiger partial charge in [0.25, 0.3) is 0 Å². The number of carbonyl (C=O) groups is 1. The number of hydrogen-bond acceptors (Lipinski definition) is 3. The van der Waals surface area contributed by atoms with E-state index < -0.39 is 0 Å². The van der Waals surface area contributed by atoms with Crippen LogP contribution < -0.4 is 10.6 Å². The fraction of sp³-hybridized carbons (Fsp3) is 0.923. The van der Waals surface area contributed by atoms with E-state index in [9.17, 15) is 4.79 Å². The third-order valence-electron chi connectivity index (χ3n) is 3.31. The molecular formula is C13H29Cl2N3O. The SMILES string of the molecule is CCCCN(C)CCNC(=O)[C@H]1CCCCN1.Cl.Cl. The highest BCUT2D eigenvalue weighted by atomic mass is 35.5. The molecule has 2 N–H and O–H groups in total. The highest BCUT2D eigenvalue weighted by Gasteiger charge is 2.19. The van der Waals surface area contributed by atoms with Crippen LogP contribution in [0.1, 0.15) is 39.0 Å². The van der Waals surface area contributed by atoms with E-state index >= 15 is 0 Å². The van der Waals surface area contributed by atoms with Crippen LogP contribution >= 0.6 is 24.8 Å². The summed E-state index contributed by atoms with van der Waals surface area (Å²) in [4.78, 5) is 14.1. The molecule has 0 radical (unpaired) electrons. The second-order valence-electron chi connectivity index (χ2n) is 4.95. The number of amides is 1. The Labute approximate surface area is 129 Å². The Morgan fingerprint density at radius 2 is 2.05 bits per heavy atom. The molecule has 0 bridgehead atoms. The van der Waals surface area contributed by atoms with Gasteiger partial charge >= 0.3 is 0 Å². The van der Waals surface area contributed by atoms with Gasteiger partial charge in [0, 0.05) is 13.1 Å². The molecule has 0 saturated carbocycles. The number of halogens is 2. The average molecular weight is 314 g/mol. The fourth-order valence-corrected chi connectivity index (χ4v) is 2.11. The third kappa shape index (κ3) is 9.50. The largest absolute Gasteiger partial charge is 0.353 e. The number of carbonyl (C=O) groups excluding carboxylic acids is 1. The average Bonchev–Trinajstić information content (AvgIpc) is 2.37. The number of piperidine rings is 1. The Bertz CT molecular complexity index is 224. The van der Waals surface area contributed by atoms with E-state index in [0.717, 1.165) is 32.6 Å². The molecule has 1 rings (SSSR count). The van der Waals surface area contributed by atoms with E-state index in [1.54, 1.807) is 0 Å². The Kier molecular flexibility index (Phi) is 14.5. The Balaban J connectivity index is 0. The second-order valence-corrected chi connectivity index (χ2v) is 4.95. The lowest BCUT2D eigenvalue weighted by molar-refractivity contribution is -0.123. The number of rotatable bonds is 7. The van der Waals surface area contributed by atoms with Crippen LogP contribution in [-0.4, -0.2) is 50.1 Å². The van der Waals surface area contributed by atoms with Crippen molar-refractivity contribution in [2.75, 3.05) is 33.2 Å². The zero-order valence-corrected chi connectivity index (χ0v) is 13.7. The summed E-state index contributed by atoms with van der Waals surface area (Å²) in [5.74, 6) is 0.175. The maximum atomic E-state index is 11.8. The molecule has 0 aliphatic carbocycles. The molecule has 0 aromatic carbocycles. The molecule has 1 fully saturated rings. The van der Waals surface area contributed by atoms with Gasteiger partial charge in [0.2, 0.25) is 5.91 Å². The van der Waals surface area contributed by atoms with Gasteiger partial charge in [-0.1, -0.05) is 19.8 Å². The molecule has 4 nitrogen and oxygen atoms in total. The second kappa shape index (κ2) is 13.0. The van der Waals surface area contributed by atoms with Crippen LogP contribution in [0.4, 0.5) is 0 Å². The first-order chi connectivity index (χ1) is 8.24. The van der Waals surface area contributed by atoms with Crippen molar-refractivity contribution in [1.29, 1.82) is 0 Å². The van der Waals surface area contributed by atoms with Gasteiger partial charge in [-0.25, -0.2) is 0 Å². The zero-order chi connectivity index (χ0) is 12.5. The predicted octanol–water partition coefficient (Wildman–Crippen LogP) is 1.82. The molecule has 0 aromatic rings. The summed E-state index contributed by atoms with van der Waals surface area (Å²) in [5.41, 5.74) is 0. The first kappa shape index (κ1) is 21.3. The summed E-state index contributed by atoms with van der Waals surface area (Å²) in [7, 11) is 2.11. The predicted molar refractivity (Wildman–Crippen MR) is 85.6 cm³/mol. The number of nitrogens with zero attached hydrogens (tertiary/aromatic N) is 1. The van der Waals surface area contributed by atoms with Gasteiger partial charge in [0.15, 0.2) is 0 Å². The molecule has 1 aliphatic heterocycles. The van der Waals surface area contributed by atoms with E-state index in [-0.39, 0.29) is 36.8 Å². The number of hydrogen-bond donors (Lipinski definition) is 2. The van der Waals surface area contributed by atoms with E-state index in [1.165, 1.54) is 25.7 Å². The summed E-state index contributed by atoms with van der Waals surface area (Å²) in [6.07, 6.45) is 5.81. The third-order valence-corrected chi connectivity index (χ3v) is 3.31. The minimum atomic E-state index is 0. The van der Waals surface area contributed by atoms with Crippen LogP contribution in [0.2, 0.25) is 0 Å². The van der Waals surface area contributed by atoms with Gasteiger partial charge in [-0.3, -0.25) is 4.79 Å². The topological polar surface area (TPSA) is 44.4 Å². The van der Waals surface area contributed by atoms with Crippen molar-refractivity contribution in [3.05, 3.63) is 0 Å². The molecular weight excluding hydrogens is 285 g/mol. The minimum Gasteiger partial charge on any atom is -0.353 e. The van der Waals surface area contributed by atoms with Gasteiger partial charge in [-0.05, 0) is 39.4 Å².